The molecule has 2 unspecified atom stereocenters. The number of benzene rings is 2. The molecule has 3 aromatic rings. The highest BCUT2D eigenvalue weighted by molar-refractivity contribution is 6.06. The van der Waals surface area contributed by atoms with Crippen molar-refractivity contribution in [2.24, 2.45) is 11.8 Å². The van der Waals surface area contributed by atoms with Crippen LogP contribution in [-0.2, 0) is 9.59 Å². The lowest BCUT2D eigenvalue weighted by atomic mass is 10.0. The molecular weight excluding hydrogens is 350 g/mol. The lowest BCUT2D eigenvalue weighted by molar-refractivity contribution is -0.122. The van der Waals surface area contributed by atoms with Crippen LogP contribution in [0.15, 0.2) is 48.7 Å². The predicted octanol–water partition coefficient (Wildman–Crippen LogP) is 4.37. The highest BCUT2D eigenvalue weighted by Gasteiger charge is 2.48. The Bertz CT molecular complexity index is 1060. The van der Waals surface area contributed by atoms with Crippen molar-refractivity contribution in [3.05, 3.63) is 65.4 Å². The molecule has 2 N–H and O–H groups in total. The maximum atomic E-state index is 12.6. The molecule has 1 aliphatic carbocycles. The fourth-order valence-electron chi connectivity index (χ4n) is 3.80. The molecule has 0 spiro atoms. The van der Waals surface area contributed by atoms with Crippen molar-refractivity contribution < 1.29 is 9.59 Å². The number of amides is 2. The van der Waals surface area contributed by atoms with E-state index in [2.05, 4.69) is 15.6 Å². The van der Waals surface area contributed by atoms with Crippen molar-refractivity contribution in [1.82, 2.24) is 4.98 Å². The van der Waals surface area contributed by atoms with E-state index in [1.165, 1.54) is 5.56 Å². The van der Waals surface area contributed by atoms with E-state index in [-0.39, 0.29) is 23.7 Å². The number of nitrogens with zero attached hydrogens (tertiary/aromatic N) is 1. The average Bonchev–Trinajstić information content (AvgIpc) is 3.46. The molecule has 142 valence electrons. The normalized spacial score (nSPS) is 18.0. The number of carbonyl (C=O) groups is 2. The quantitative estimate of drug-likeness (QED) is 0.713. The summed E-state index contributed by atoms with van der Waals surface area (Å²) in [6, 6.07) is 13.6. The minimum atomic E-state index is -0.301. The summed E-state index contributed by atoms with van der Waals surface area (Å²) < 4.78 is 0. The van der Waals surface area contributed by atoms with Crippen molar-refractivity contribution in [2.45, 2.75) is 27.2 Å². The highest BCUT2D eigenvalue weighted by atomic mass is 16.2. The second-order valence-electron chi connectivity index (χ2n) is 7.58. The first-order chi connectivity index (χ1) is 13.4. The van der Waals surface area contributed by atoms with Gasteiger partial charge in [0, 0.05) is 17.3 Å². The van der Waals surface area contributed by atoms with Gasteiger partial charge in [0.25, 0.3) is 0 Å². The van der Waals surface area contributed by atoms with Crippen LogP contribution in [0.1, 0.15) is 23.1 Å². The number of hydrogen-bond donors (Lipinski definition) is 2. The van der Waals surface area contributed by atoms with Gasteiger partial charge in [-0.2, -0.15) is 0 Å². The van der Waals surface area contributed by atoms with Crippen LogP contribution in [0.2, 0.25) is 0 Å². The van der Waals surface area contributed by atoms with Gasteiger partial charge in [0.1, 0.15) is 0 Å². The lowest BCUT2D eigenvalue weighted by Gasteiger charge is -2.13. The summed E-state index contributed by atoms with van der Waals surface area (Å²) in [5.74, 6) is -0.810. The first-order valence-corrected chi connectivity index (χ1v) is 9.47. The summed E-state index contributed by atoms with van der Waals surface area (Å²) >= 11 is 0. The SMILES string of the molecule is Cc1cc(C)c(NC(=O)C2CC2C(=O)Nc2cccc3cccnc23)c(C)c1. The zero-order valence-corrected chi connectivity index (χ0v) is 16.2. The van der Waals surface area contributed by atoms with Gasteiger partial charge in [-0.25, -0.2) is 0 Å². The zero-order valence-electron chi connectivity index (χ0n) is 16.2. The van der Waals surface area contributed by atoms with Crippen LogP contribution in [0.3, 0.4) is 0 Å². The average molecular weight is 373 g/mol. The standard InChI is InChI=1S/C23H23N3O2/c1-13-10-14(2)20(15(3)11-13)26-23(28)18-12-17(18)22(27)25-19-8-4-6-16-7-5-9-24-21(16)19/h4-11,17-18H,12H2,1-3H3,(H,25,27)(H,26,28). The number of rotatable bonds is 4. The van der Waals surface area contributed by atoms with Crippen molar-refractivity contribution in [3.8, 4) is 0 Å². The first kappa shape index (κ1) is 18.2. The summed E-state index contributed by atoms with van der Waals surface area (Å²) in [7, 11) is 0. The van der Waals surface area contributed by atoms with Gasteiger partial charge in [0.2, 0.25) is 11.8 Å². The molecule has 1 aliphatic rings. The van der Waals surface area contributed by atoms with Crippen molar-refractivity contribution in [2.75, 3.05) is 10.6 Å². The fourth-order valence-corrected chi connectivity index (χ4v) is 3.80. The molecule has 0 radical (unpaired) electrons. The highest BCUT2D eigenvalue weighted by Crippen LogP contribution is 2.41. The summed E-state index contributed by atoms with van der Waals surface area (Å²) in [5.41, 5.74) is 5.52. The lowest BCUT2D eigenvalue weighted by Crippen LogP contribution is -2.21. The molecule has 28 heavy (non-hydrogen) atoms. The van der Waals surface area contributed by atoms with Gasteiger partial charge in [-0.3, -0.25) is 14.6 Å². The van der Waals surface area contributed by atoms with Crippen molar-refractivity contribution in [3.63, 3.8) is 0 Å². The molecule has 2 atom stereocenters. The number of hydrogen-bond acceptors (Lipinski definition) is 3. The van der Waals surface area contributed by atoms with E-state index in [9.17, 15) is 9.59 Å². The second-order valence-corrected chi connectivity index (χ2v) is 7.58. The molecule has 1 saturated carbocycles. The van der Waals surface area contributed by atoms with E-state index in [1.54, 1.807) is 6.20 Å². The van der Waals surface area contributed by atoms with Crippen LogP contribution in [0, 0.1) is 32.6 Å². The van der Waals surface area contributed by atoms with Gasteiger partial charge in [-0.1, -0.05) is 35.9 Å². The summed E-state index contributed by atoms with van der Waals surface area (Å²) in [4.78, 5) is 29.6. The number of carbonyl (C=O) groups excluding carboxylic acids is 2. The van der Waals surface area contributed by atoms with Gasteiger partial charge < -0.3 is 10.6 Å². The van der Waals surface area contributed by atoms with E-state index in [0.29, 0.717) is 12.1 Å². The first-order valence-electron chi connectivity index (χ1n) is 9.47. The Kier molecular flexibility index (Phi) is 4.59. The summed E-state index contributed by atoms with van der Waals surface area (Å²) in [6.07, 6.45) is 2.28. The fraction of sp³-hybridized carbons (Fsp3) is 0.261. The molecule has 2 aromatic carbocycles. The molecule has 5 nitrogen and oxygen atoms in total. The predicted molar refractivity (Wildman–Crippen MR) is 111 cm³/mol. The van der Waals surface area contributed by atoms with Crippen LogP contribution in [0.5, 0.6) is 0 Å². The topological polar surface area (TPSA) is 71.1 Å². The molecule has 1 heterocycles. The minimum absolute atomic E-state index is 0.0914. The van der Waals surface area contributed by atoms with Gasteiger partial charge in [-0.15, -0.1) is 0 Å². The Morgan fingerprint density at radius 1 is 0.929 bits per heavy atom. The summed E-state index contributed by atoms with van der Waals surface area (Å²) in [6.45, 7) is 6.01. The van der Waals surface area contributed by atoms with E-state index < -0.39 is 0 Å². The largest absolute Gasteiger partial charge is 0.325 e. The molecule has 0 aliphatic heterocycles. The van der Waals surface area contributed by atoms with Gasteiger partial charge in [0.05, 0.1) is 23.0 Å². The van der Waals surface area contributed by atoms with Gasteiger partial charge in [-0.05, 0) is 50.5 Å². The number of anilines is 2. The van der Waals surface area contributed by atoms with Crippen LogP contribution in [0.25, 0.3) is 10.9 Å². The zero-order chi connectivity index (χ0) is 19.8. The number of aryl methyl sites for hydroxylation is 3. The van der Waals surface area contributed by atoms with Crippen molar-refractivity contribution >= 4 is 34.1 Å². The Morgan fingerprint density at radius 2 is 1.57 bits per heavy atom. The van der Waals surface area contributed by atoms with Crippen LogP contribution in [-0.4, -0.2) is 16.8 Å². The third kappa shape index (κ3) is 3.48. The smallest absolute Gasteiger partial charge is 0.228 e. The van der Waals surface area contributed by atoms with E-state index >= 15 is 0 Å². The monoisotopic (exact) mass is 373 g/mol. The van der Waals surface area contributed by atoms with E-state index in [0.717, 1.165) is 27.7 Å². The Hall–Kier alpha value is -3.21. The summed E-state index contributed by atoms with van der Waals surface area (Å²) in [5, 5.41) is 6.93. The number of pyridine rings is 1. The molecule has 0 saturated heterocycles. The molecule has 1 fully saturated rings. The number of para-hydroxylation sites is 1. The minimum Gasteiger partial charge on any atom is -0.325 e. The third-order valence-electron chi connectivity index (χ3n) is 5.28. The Labute approximate surface area is 164 Å². The molecular formula is C23H23N3O2. The van der Waals surface area contributed by atoms with Gasteiger partial charge >= 0.3 is 0 Å². The van der Waals surface area contributed by atoms with E-state index in [4.69, 9.17) is 0 Å². The third-order valence-corrected chi connectivity index (χ3v) is 5.28. The molecule has 4 rings (SSSR count). The van der Waals surface area contributed by atoms with Crippen molar-refractivity contribution in [1.29, 1.82) is 0 Å². The van der Waals surface area contributed by atoms with Gasteiger partial charge in [0.15, 0.2) is 0 Å². The van der Waals surface area contributed by atoms with Crippen LogP contribution >= 0.6 is 0 Å². The Balaban J connectivity index is 1.44. The Morgan fingerprint density at radius 3 is 2.29 bits per heavy atom. The molecule has 2 amide bonds. The van der Waals surface area contributed by atoms with Crippen LogP contribution < -0.4 is 10.6 Å². The maximum Gasteiger partial charge on any atom is 0.228 e. The van der Waals surface area contributed by atoms with Crippen LogP contribution in [0.4, 0.5) is 11.4 Å². The molecule has 5 heteroatoms. The number of aromatic nitrogens is 1. The maximum absolute atomic E-state index is 12.6. The van der Waals surface area contributed by atoms with E-state index in [1.807, 2.05) is 63.2 Å². The molecule has 1 aromatic heterocycles. The second kappa shape index (κ2) is 7.08. The number of fused-ring (bicyclic) bond motifs is 1. The molecule has 0 bridgehead atoms. The number of nitrogens with one attached hydrogen (secondary N) is 2.